The lowest BCUT2D eigenvalue weighted by molar-refractivity contribution is -0.130. The van der Waals surface area contributed by atoms with Crippen LogP contribution >= 0.6 is 0 Å². The molecule has 1 aliphatic rings. The van der Waals surface area contributed by atoms with E-state index >= 15 is 0 Å². The molecule has 0 unspecified atom stereocenters. The largest absolute Gasteiger partial charge is 0.484 e. The van der Waals surface area contributed by atoms with E-state index in [1.54, 1.807) is 32.3 Å². The number of anilines is 1. The molecule has 24 heavy (non-hydrogen) atoms. The molecule has 1 heterocycles. The third-order valence-electron chi connectivity index (χ3n) is 4.22. The van der Waals surface area contributed by atoms with Crippen molar-refractivity contribution in [3.63, 3.8) is 0 Å². The highest BCUT2D eigenvalue weighted by atomic mass is 16.5. The third kappa shape index (κ3) is 6.20. The summed E-state index contributed by atoms with van der Waals surface area (Å²) in [6.45, 7) is 2.09. The first-order valence-electron chi connectivity index (χ1n) is 8.48. The van der Waals surface area contributed by atoms with Gasteiger partial charge >= 0.3 is 0 Å². The number of nitrogens with zero attached hydrogens (tertiary/aromatic N) is 1. The molecule has 0 spiro atoms. The molecule has 1 saturated heterocycles. The first-order valence-corrected chi connectivity index (χ1v) is 8.48. The molecule has 0 atom stereocenters. The van der Waals surface area contributed by atoms with Gasteiger partial charge in [0.2, 0.25) is 5.91 Å². The standard InChI is InChI=1S/C18H27N3O3/c1-21(2)18(23)13-24-16-5-3-4-15(12-16)20-17(22)7-6-14-8-10-19-11-9-14/h3-5,12,14,19H,6-11,13H2,1-2H3,(H,20,22). The minimum Gasteiger partial charge on any atom is -0.484 e. The molecule has 1 aromatic rings. The number of hydrogen-bond acceptors (Lipinski definition) is 4. The Labute approximate surface area is 143 Å². The Morgan fingerprint density at radius 2 is 2.04 bits per heavy atom. The van der Waals surface area contributed by atoms with Crippen LogP contribution in [0.25, 0.3) is 0 Å². The molecule has 6 nitrogen and oxygen atoms in total. The first-order chi connectivity index (χ1) is 11.5. The van der Waals surface area contributed by atoms with Crippen molar-refractivity contribution in [3.05, 3.63) is 24.3 Å². The number of rotatable bonds is 7. The van der Waals surface area contributed by atoms with E-state index in [1.165, 1.54) is 4.90 Å². The van der Waals surface area contributed by atoms with Crippen LogP contribution in [0.3, 0.4) is 0 Å². The molecule has 0 bridgehead atoms. The zero-order valence-corrected chi connectivity index (χ0v) is 14.5. The average molecular weight is 333 g/mol. The van der Waals surface area contributed by atoms with Crippen molar-refractivity contribution in [2.45, 2.75) is 25.7 Å². The van der Waals surface area contributed by atoms with Gasteiger partial charge in [-0.2, -0.15) is 0 Å². The van der Waals surface area contributed by atoms with Crippen LogP contribution in [0, 0.1) is 5.92 Å². The molecule has 132 valence electrons. The number of amides is 2. The van der Waals surface area contributed by atoms with E-state index in [9.17, 15) is 9.59 Å². The maximum absolute atomic E-state index is 12.1. The van der Waals surface area contributed by atoms with Crippen LogP contribution in [-0.4, -0.2) is 50.5 Å². The highest BCUT2D eigenvalue weighted by Gasteiger charge is 2.14. The quantitative estimate of drug-likeness (QED) is 0.799. The zero-order chi connectivity index (χ0) is 17.4. The van der Waals surface area contributed by atoms with Crippen molar-refractivity contribution >= 4 is 17.5 Å². The highest BCUT2D eigenvalue weighted by molar-refractivity contribution is 5.90. The van der Waals surface area contributed by atoms with E-state index in [-0.39, 0.29) is 18.4 Å². The maximum atomic E-state index is 12.1. The SMILES string of the molecule is CN(C)C(=O)COc1cccc(NC(=O)CCC2CCNCC2)c1. The fraction of sp³-hybridized carbons (Fsp3) is 0.556. The Balaban J connectivity index is 1.78. The normalized spacial score (nSPS) is 14.9. The smallest absolute Gasteiger partial charge is 0.259 e. The van der Waals surface area contributed by atoms with Gasteiger partial charge in [0.15, 0.2) is 6.61 Å². The van der Waals surface area contributed by atoms with Gasteiger partial charge in [0.1, 0.15) is 5.75 Å². The van der Waals surface area contributed by atoms with Gasteiger partial charge in [-0.1, -0.05) is 6.07 Å². The molecule has 0 radical (unpaired) electrons. The molecule has 1 fully saturated rings. The van der Waals surface area contributed by atoms with Crippen molar-refractivity contribution in [2.24, 2.45) is 5.92 Å². The van der Waals surface area contributed by atoms with Gasteiger partial charge in [-0.25, -0.2) is 0 Å². The third-order valence-corrected chi connectivity index (χ3v) is 4.22. The summed E-state index contributed by atoms with van der Waals surface area (Å²) in [4.78, 5) is 25.1. The van der Waals surface area contributed by atoms with Crippen LogP contribution in [0.2, 0.25) is 0 Å². The van der Waals surface area contributed by atoms with E-state index in [1.807, 2.05) is 6.07 Å². The number of carbonyl (C=O) groups is 2. The van der Waals surface area contributed by atoms with Gasteiger partial charge in [0, 0.05) is 32.3 Å². The molecule has 2 amide bonds. The summed E-state index contributed by atoms with van der Waals surface area (Å²) >= 11 is 0. The van der Waals surface area contributed by atoms with Crippen LogP contribution in [0.15, 0.2) is 24.3 Å². The Hall–Kier alpha value is -2.08. The van der Waals surface area contributed by atoms with Crippen LogP contribution < -0.4 is 15.4 Å². The number of nitrogens with one attached hydrogen (secondary N) is 2. The second-order valence-corrected chi connectivity index (χ2v) is 6.38. The Morgan fingerprint density at radius 1 is 1.29 bits per heavy atom. The van der Waals surface area contributed by atoms with Crippen molar-refractivity contribution < 1.29 is 14.3 Å². The van der Waals surface area contributed by atoms with Crippen molar-refractivity contribution in [2.75, 3.05) is 39.1 Å². The van der Waals surface area contributed by atoms with Gasteiger partial charge in [-0.3, -0.25) is 9.59 Å². The van der Waals surface area contributed by atoms with Crippen LogP contribution in [-0.2, 0) is 9.59 Å². The summed E-state index contributed by atoms with van der Waals surface area (Å²) < 4.78 is 5.46. The molecule has 1 aromatic carbocycles. The zero-order valence-electron chi connectivity index (χ0n) is 14.5. The van der Waals surface area contributed by atoms with E-state index in [4.69, 9.17) is 4.74 Å². The van der Waals surface area contributed by atoms with Crippen molar-refractivity contribution in [3.8, 4) is 5.75 Å². The van der Waals surface area contributed by atoms with E-state index < -0.39 is 0 Å². The lowest BCUT2D eigenvalue weighted by atomic mass is 9.93. The summed E-state index contributed by atoms with van der Waals surface area (Å²) in [5.41, 5.74) is 0.695. The van der Waals surface area contributed by atoms with Crippen molar-refractivity contribution in [1.82, 2.24) is 10.2 Å². The predicted molar refractivity (Wildman–Crippen MR) is 94.1 cm³/mol. The van der Waals surface area contributed by atoms with Gasteiger partial charge in [0.05, 0.1) is 0 Å². The molecule has 0 aromatic heterocycles. The number of benzene rings is 1. The van der Waals surface area contributed by atoms with Gasteiger partial charge in [-0.05, 0) is 50.4 Å². The number of carbonyl (C=O) groups excluding carboxylic acids is 2. The summed E-state index contributed by atoms with van der Waals surface area (Å²) in [7, 11) is 3.37. The van der Waals surface area contributed by atoms with Gasteiger partial charge < -0.3 is 20.3 Å². The van der Waals surface area contributed by atoms with Gasteiger partial charge in [0.25, 0.3) is 5.91 Å². The molecule has 0 saturated carbocycles. The number of likely N-dealkylation sites (N-methyl/N-ethyl adjacent to an activating group) is 1. The lowest BCUT2D eigenvalue weighted by Gasteiger charge is -2.22. The number of piperidine rings is 1. The average Bonchev–Trinajstić information content (AvgIpc) is 2.59. The summed E-state index contributed by atoms with van der Waals surface area (Å²) in [6.07, 6.45) is 3.77. The highest BCUT2D eigenvalue weighted by Crippen LogP contribution is 2.20. The Morgan fingerprint density at radius 3 is 2.75 bits per heavy atom. The second kappa shape index (κ2) is 9.27. The fourth-order valence-electron chi connectivity index (χ4n) is 2.67. The van der Waals surface area contributed by atoms with E-state index in [2.05, 4.69) is 10.6 Å². The summed E-state index contributed by atoms with van der Waals surface area (Å²) in [5, 5.41) is 6.24. The number of hydrogen-bond donors (Lipinski definition) is 2. The molecular weight excluding hydrogens is 306 g/mol. The second-order valence-electron chi connectivity index (χ2n) is 6.38. The van der Waals surface area contributed by atoms with Gasteiger partial charge in [-0.15, -0.1) is 0 Å². The van der Waals surface area contributed by atoms with E-state index in [0.29, 0.717) is 23.8 Å². The van der Waals surface area contributed by atoms with Crippen LogP contribution in [0.1, 0.15) is 25.7 Å². The monoisotopic (exact) mass is 333 g/mol. The summed E-state index contributed by atoms with van der Waals surface area (Å²) in [6, 6.07) is 7.14. The fourth-order valence-corrected chi connectivity index (χ4v) is 2.67. The molecular formula is C18H27N3O3. The lowest BCUT2D eigenvalue weighted by Crippen LogP contribution is -2.28. The number of ether oxygens (including phenoxy) is 1. The molecule has 2 rings (SSSR count). The molecule has 0 aliphatic carbocycles. The minimum absolute atomic E-state index is 0.0138. The molecule has 1 aliphatic heterocycles. The summed E-state index contributed by atoms with van der Waals surface area (Å²) in [5.74, 6) is 1.13. The predicted octanol–water partition coefficient (Wildman–Crippen LogP) is 1.87. The maximum Gasteiger partial charge on any atom is 0.259 e. The van der Waals surface area contributed by atoms with Crippen molar-refractivity contribution in [1.29, 1.82) is 0 Å². The first kappa shape index (κ1) is 18.3. The minimum atomic E-state index is -0.105. The van der Waals surface area contributed by atoms with Crippen LogP contribution in [0.4, 0.5) is 5.69 Å². The van der Waals surface area contributed by atoms with Crippen LogP contribution in [0.5, 0.6) is 5.75 Å². The molecule has 2 N–H and O–H groups in total. The molecule has 6 heteroatoms. The van der Waals surface area contributed by atoms with E-state index in [0.717, 1.165) is 32.4 Å². The topological polar surface area (TPSA) is 70.7 Å². The Bertz CT molecular complexity index is 554. The Kier molecular flexibility index (Phi) is 7.06.